The smallest absolute Gasteiger partial charge is 0.289 e. The number of rotatable bonds is 8. The molecule has 0 radical (unpaired) electrons. The van der Waals surface area contributed by atoms with Crippen LogP contribution in [0.3, 0.4) is 0 Å². The molecule has 0 saturated heterocycles. The van der Waals surface area contributed by atoms with Crippen LogP contribution in [0.2, 0.25) is 0 Å². The van der Waals surface area contributed by atoms with Gasteiger partial charge >= 0.3 is 0 Å². The zero-order valence-electron chi connectivity index (χ0n) is 15.7. The predicted octanol–water partition coefficient (Wildman–Crippen LogP) is 3.54. The minimum absolute atomic E-state index is 0.0533. The second-order valence-electron chi connectivity index (χ2n) is 6.06. The van der Waals surface area contributed by atoms with Gasteiger partial charge in [0.25, 0.3) is 11.6 Å². The number of non-ortho nitro benzene ring substituents is 1. The van der Waals surface area contributed by atoms with Crippen LogP contribution < -0.4 is 10.2 Å². The monoisotopic (exact) mass is 393 g/mol. The molecule has 2 aromatic carbocycles. The Kier molecular flexibility index (Phi) is 6.31. The number of H-pyrrole nitrogens is 1. The molecule has 1 amide bonds. The summed E-state index contributed by atoms with van der Waals surface area (Å²) in [5.41, 5.74) is 4.38. The number of hydrogen-bond acceptors (Lipinski definition) is 6. The Labute approximate surface area is 166 Å². The highest BCUT2D eigenvalue weighted by molar-refractivity contribution is 5.94. The molecule has 0 fully saturated rings. The van der Waals surface area contributed by atoms with Crippen LogP contribution in [-0.4, -0.2) is 33.8 Å². The van der Waals surface area contributed by atoms with Crippen molar-refractivity contribution in [1.29, 1.82) is 0 Å². The quantitative estimate of drug-likeness (QED) is 0.344. The molecule has 0 spiro atoms. The molecule has 1 aromatic heterocycles. The Morgan fingerprint density at radius 2 is 2.10 bits per heavy atom. The van der Waals surface area contributed by atoms with Gasteiger partial charge in [0.15, 0.2) is 0 Å². The lowest BCUT2D eigenvalue weighted by Gasteiger charge is -2.08. The summed E-state index contributed by atoms with van der Waals surface area (Å²) in [6.07, 6.45) is 2.21. The van der Waals surface area contributed by atoms with Gasteiger partial charge in [-0.1, -0.05) is 31.2 Å². The van der Waals surface area contributed by atoms with Crippen LogP contribution in [-0.2, 0) is 0 Å². The number of benzene rings is 2. The van der Waals surface area contributed by atoms with Crippen LogP contribution in [0, 0.1) is 10.1 Å². The zero-order valence-corrected chi connectivity index (χ0v) is 15.7. The van der Waals surface area contributed by atoms with E-state index in [1.807, 2.05) is 31.2 Å². The summed E-state index contributed by atoms with van der Waals surface area (Å²) in [7, 11) is 0. The Balaban J connectivity index is 1.69. The van der Waals surface area contributed by atoms with Gasteiger partial charge < -0.3 is 4.74 Å². The third kappa shape index (κ3) is 5.04. The van der Waals surface area contributed by atoms with E-state index >= 15 is 0 Å². The molecule has 3 rings (SSSR count). The van der Waals surface area contributed by atoms with E-state index in [0.717, 1.165) is 12.0 Å². The standard InChI is InChI=1S/C20H19N5O4/c1-2-10-29-19-9-4-3-8-16(19)17-12-18(23-22-17)20(26)24-21-13-14-6-5-7-15(11-14)25(27)28/h3-9,11-13H,2,10H2,1H3,(H,22,23)(H,24,26)/b21-13-. The van der Waals surface area contributed by atoms with Crippen molar-refractivity contribution >= 4 is 17.8 Å². The summed E-state index contributed by atoms with van der Waals surface area (Å²) in [4.78, 5) is 22.6. The molecule has 9 nitrogen and oxygen atoms in total. The fourth-order valence-electron chi connectivity index (χ4n) is 2.54. The van der Waals surface area contributed by atoms with Gasteiger partial charge in [0.2, 0.25) is 0 Å². The highest BCUT2D eigenvalue weighted by Gasteiger charge is 2.13. The fraction of sp³-hybridized carbons (Fsp3) is 0.150. The highest BCUT2D eigenvalue weighted by Crippen LogP contribution is 2.28. The first-order valence-corrected chi connectivity index (χ1v) is 8.94. The number of hydrazone groups is 1. The first-order valence-electron chi connectivity index (χ1n) is 8.94. The number of nitro groups is 1. The van der Waals surface area contributed by atoms with Gasteiger partial charge in [0, 0.05) is 23.3 Å². The van der Waals surface area contributed by atoms with E-state index in [9.17, 15) is 14.9 Å². The van der Waals surface area contributed by atoms with E-state index in [4.69, 9.17) is 4.74 Å². The lowest BCUT2D eigenvalue weighted by atomic mass is 10.1. The van der Waals surface area contributed by atoms with Crippen LogP contribution in [0.5, 0.6) is 5.75 Å². The average Bonchev–Trinajstić information content (AvgIpc) is 3.23. The van der Waals surface area contributed by atoms with Crippen molar-refractivity contribution in [2.45, 2.75) is 13.3 Å². The molecule has 0 aliphatic carbocycles. The molecule has 148 valence electrons. The topological polar surface area (TPSA) is 123 Å². The lowest BCUT2D eigenvalue weighted by molar-refractivity contribution is -0.384. The number of aromatic nitrogens is 2. The van der Waals surface area contributed by atoms with Crippen molar-refractivity contribution in [3.8, 4) is 17.0 Å². The van der Waals surface area contributed by atoms with Crippen LogP contribution in [0.4, 0.5) is 5.69 Å². The number of aromatic amines is 1. The van der Waals surface area contributed by atoms with Gasteiger partial charge in [-0.3, -0.25) is 20.0 Å². The molecular weight excluding hydrogens is 374 g/mol. The van der Waals surface area contributed by atoms with Crippen LogP contribution in [0.25, 0.3) is 11.3 Å². The lowest BCUT2D eigenvalue weighted by Crippen LogP contribution is -2.18. The molecule has 0 saturated carbocycles. The highest BCUT2D eigenvalue weighted by atomic mass is 16.6. The van der Waals surface area contributed by atoms with Gasteiger partial charge in [-0.05, 0) is 24.6 Å². The number of nitrogens with one attached hydrogen (secondary N) is 2. The summed E-state index contributed by atoms with van der Waals surface area (Å²) in [5, 5.41) is 21.5. The summed E-state index contributed by atoms with van der Waals surface area (Å²) in [6, 6.07) is 15.0. The number of hydrogen-bond donors (Lipinski definition) is 2. The molecule has 2 N–H and O–H groups in total. The number of nitrogens with zero attached hydrogens (tertiary/aromatic N) is 3. The van der Waals surface area contributed by atoms with Crippen molar-refractivity contribution in [3.05, 3.63) is 76.0 Å². The number of nitro benzene ring substituents is 1. The third-order valence-corrected chi connectivity index (χ3v) is 3.91. The van der Waals surface area contributed by atoms with E-state index in [1.165, 1.54) is 18.3 Å². The molecule has 0 aliphatic heterocycles. The Morgan fingerprint density at radius 1 is 1.28 bits per heavy atom. The number of ether oxygens (including phenoxy) is 1. The van der Waals surface area contributed by atoms with Crippen LogP contribution in [0.1, 0.15) is 29.4 Å². The van der Waals surface area contributed by atoms with Gasteiger partial charge in [-0.25, -0.2) is 5.43 Å². The molecule has 0 atom stereocenters. The number of carbonyl (C=O) groups excluding carboxylic acids is 1. The van der Waals surface area contributed by atoms with Crippen molar-refractivity contribution < 1.29 is 14.5 Å². The maximum Gasteiger partial charge on any atom is 0.289 e. The average molecular weight is 393 g/mol. The van der Waals surface area contributed by atoms with Gasteiger partial charge in [-0.2, -0.15) is 10.2 Å². The predicted molar refractivity (Wildman–Crippen MR) is 108 cm³/mol. The maximum absolute atomic E-state index is 12.3. The number of amides is 1. The summed E-state index contributed by atoms with van der Waals surface area (Å²) in [6.45, 7) is 2.61. The Bertz CT molecular complexity index is 1040. The molecule has 0 unspecified atom stereocenters. The zero-order chi connectivity index (χ0) is 20.6. The second kappa shape index (κ2) is 9.27. The molecule has 3 aromatic rings. The molecule has 29 heavy (non-hydrogen) atoms. The van der Waals surface area contributed by atoms with Gasteiger partial charge in [-0.15, -0.1) is 0 Å². The van der Waals surface area contributed by atoms with E-state index in [2.05, 4.69) is 20.7 Å². The minimum atomic E-state index is -0.496. The summed E-state index contributed by atoms with van der Waals surface area (Å²) < 4.78 is 5.72. The number of carbonyl (C=O) groups is 1. The third-order valence-electron chi connectivity index (χ3n) is 3.91. The SMILES string of the molecule is CCCOc1ccccc1-c1cc(C(=O)N/N=C\c2cccc([N+](=O)[O-])c2)[nH]n1. The second-order valence-corrected chi connectivity index (χ2v) is 6.06. The molecule has 9 heteroatoms. The van der Waals surface area contributed by atoms with E-state index < -0.39 is 10.8 Å². The van der Waals surface area contributed by atoms with E-state index in [0.29, 0.717) is 23.6 Å². The minimum Gasteiger partial charge on any atom is -0.493 e. The fourth-order valence-corrected chi connectivity index (χ4v) is 2.54. The van der Waals surface area contributed by atoms with Crippen molar-refractivity contribution in [2.75, 3.05) is 6.61 Å². The Morgan fingerprint density at radius 3 is 2.90 bits per heavy atom. The van der Waals surface area contributed by atoms with Crippen LogP contribution >= 0.6 is 0 Å². The first-order chi connectivity index (χ1) is 14.1. The van der Waals surface area contributed by atoms with Crippen molar-refractivity contribution in [2.24, 2.45) is 5.10 Å². The largest absolute Gasteiger partial charge is 0.493 e. The Hall–Kier alpha value is -4.01. The normalized spacial score (nSPS) is 10.8. The van der Waals surface area contributed by atoms with Gasteiger partial charge in [0.05, 0.1) is 23.4 Å². The van der Waals surface area contributed by atoms with Crippen molar-refractivity contribution in [3.63, 3.8) is 0 Å². The number of para-hydroxylation sites is 1. The molecule has 1 heterocycles. The van der Waals surface area contributed by atoms with E-state index in [-0.39, 0.29) is 11.4 Å². The maximum atomic E-state index is 12.3. The summed E-state index contributed by atoms with van der Waals surface area (Å²) in [5.74, 6) is 0.203. The molecule has 0 bridgehead atoms. The molecule has 0 aliphatic rings. The van der Waals surface area contributed by atoms with E-state index in [1.54, 1.807) is 18.2 Å². The first kappa shape index (κ1) is 19.7. The van der Waals surface area contributed by atoms with Crippen LogP contribution in [0.15, 0.2) is 59.7 Å². The van der Waals surface area contributed by atoms with Gasteiger partial charge in [0.1, 0.15) is 11.4 Å². The molecular formula is C20H19N5O4. The summed E-state index contributed by atoms with van der Waals surface area (Å²) >= 11 is 0. The van der Waals surface area contributed by atoms with Crippen molar-refractivity contribution in [1.82, 2.24) is 15.6 Å².